The lowest BCUT2D eigenvalue weighted by Crippen LogP contribution is -2.15. The maximum absolute atomic E-state index is 12.8. The molecule has 4 rings (SSSR count). The third kappa shape index (κ3) is 4.67. The molecule has 1 aromatic heterocycles. The number of rotatable bonds is 7. The fourth-order valence-corrected chi connectivity index (χ4v) is 3.88. The van der Waals surface area contributed by atoms with Gasteiger partial charge in [0.05, 0.1) is 26.3 Å². The van der Waals surface area contributed by atoms with E-state index in [1.807, 2.05) is 30.3 Å². The topological polar surface area (TPSA) is 108 Å². The summed E-state index contributed by atoms with van der Waals surface area (Å²) in [4.78, 5) is 36.8. The summed E-state index contributed by atoms with van der Waals surface area (Å²) in [5.41, 5.74) is 3.63. The van der Waals surface area contributed by atoms with E-state index in [0.29, 0.717) is 16.8 Å². The lowest BCUT2D eigenvalue weighted by molar-refractivity contribution is -0.136. The van der Waals surface area contributed by atoms with E-state index in [-0.39, 0.29) is 23.4 Å². The van der Waals surface area contributed by atoms with E-state index in [4.69, 9.17) is 9.47 Å². The third-order valence-electron chi connectivity index (χ3n) is 5.48. The summed E-state index contributed by atoms with van der Waals surface area (Å²) in [5.74, 6) is -2.37. The van der Waals surface area contributed by atoms with Crippen LogP contribution < -0.4 is 0 Å². The van der Waals surface area contributed by atoms with E-state index < -0.39 is 17.9 Å². The van der Waals surface area contributed by atoms with Gasteiger partial charge in [0, 0.05) is 5.56 Å². The summed E-state index contributed by atoms with van der Waals surface area (Å²) < 4.78 is 11.3. The molecule has 0 aliphatic carbocycles. The Morgan fingerprint density at radius 3 is 2.03 bits per heavy atom. The Balaban J connectivity index is 1.86. The van der Waals surface area contributed by atoms with Gasteiger partial charge in [-0.05, 0) is 28.8 Å². The molecule has 0 amide bonds. The quantitative estimate of drug-likeness (QED) is 0.399. The molecular formula is C27H22N2O6. The van der Waals surface area contributed by atoms with Gasteiger partial charge in [0.1, 0.15) is 11.3 Å². The van der Waals surface area contributed by atoms with E-state index in [1.54, 1.807) is 48.5 Å². The number of benzene rings is 3. The molecule has 1 heterocycles. The average molecular weight is 470 g/mol. The number of carbonyl (C=O) groups is 3. The van der Waals surface area contributed by atoms with Crippen molar-refractivity contribution >= 4 is 17.9 Å². The van der Waals surface area contributed by atoms with Gasteiger partial charge in [0.2, 0.25) is 0 Å². The maximum Gasteiger partial charge on any atom is 0.357 e. The Hall–Kier alpha value is -4.72. The van der Waals surface area contributed by atoms with Crippen LogP contribution in [0.5, 0.6) is 0 Å². The Kier molecular flexibility index (Phi) is 6.73. The number of carbonyl (C=O) groups excluding carboxylic acids is 2. The number of para-hydroxylation sites is 1. The van der Waals surface area contributed by atoms with Gasteiger partial charge in [0.15, 0.2) is 5.69 Å². The van der Waals surface area contributed by atoms with Crippen molar-refractivity contribution in [1.29, 1.82) is 0 Å². The van der Waals surface area contributed by atoms with Crippen LogP contribution in [0.25, 0.3) is 28.1 Å². The van der Waals surface area contributed by atoms with Gasteiger partial charge in [-0.25, -0.2) is 14.3 Å². The second kappa shape index (κ2) is 10.0. The highest BCUT2D eigenvalue weighted by atomic mass is 16.5. The van der Waals surface area contributed by atoms with Gasteiger partial charge in [-0.3, -0.25) is 4.79 Å². The predicted molar refractivity (Wildman–Crippen MR) is 128 cm³/mol. The number of hydrogen-bond acceptors (Lipinski definition) is 6. The minimum Gasteiger partial charge on any atom is -0.481 e. The van der Waals surface area contributed by atoms with Gasteiger partial charge in [-0.15, -0.1) is 0 Å². The minimum absolute atomic E-state index is 0.0118. The molecular weight excluding hydrogens is 448 g/mol. The van der Waals surface area contributed by atoms with Gasteiger partial charge in [-0.1, -0.05) is 66.7 Å². The van der Waals surface area contributed by atoms with E-state index in [1.165, 1.54) is 18.9 Å². The zero-order chi connectivity index (χ0) is 24.9. The van der Waals surface area contributed by atoms with Crippen molar-refractivity contribution in [2.45, 2.75) is 6.42 Å². The van der Waals surface area contributed by atoms with Crippen LogP contribution in [-0.2, 0) is 20.7 Å². The number of carboxylic acids is 1. The molecule has 0 aliphatic heterocycles. The smallest absolute Gasteiger partial charge is 0.357 e. The first kappa shape index (κ1) is 23.4. The van der Waals surface area contributed by atoms with E-state index in [9.17, 15) is 19.5 Å². The molecule has 4 aromatic rings. The van der Waals surface area contributed by atoms with E-state index in [2.05, 4.69) is 5.10 Å². The van der Waals surface area contributed by atoms with Crippen LogP contribution in [0.3, 0.4) is 0 Å². The third-order valence-corrected chi connectivity index (χ3v) is 5.48. The van der Waals surface area contributed by atoms with E-state index >= 15 is 0 Å². The van der Waals surface area contributed by atoms with Gasteiger partial charge in [-0.2, -0.15) is 5.10 Å². The molecule has 8 nitrogen and oxygen atoms in total. The molecule has 8 heteroatoms. The molecule has 0 fully saturated rings. The number of esters is 2. The van der Waals surface area contributed by atoms with Crippen LogP contribution in [0.2, 0.25) is 0 Å². The predicted octanol–water partition coefficient (Wildman–Crippen LogP) is 4.41. The standard InChI is InChI=1S/C27H22N2O6/c1-34-26(32)23-24(28-29(25(23)27(33)35-2)20-9-4-3-5-10-20)18-14-12-17(13-15-18)21-11-7-6-8-19(21)16-22(30)31/h3-15H,16H2,1-2H3,(H,30,31). The number of carboxylic acid groups (broad SMARTS) is 1. The largest absolute Gasteiger partial charge is 0.481 e. The molecule has 35 heavy (non-hydrogen) atoms. The van der Waals surface area contributed by atoms with Crippen molar-refractivity contribution in [2.24, 2.45) is 0 Å². The Labute approximate surface area is 201 Å². The van der Waals surface area contributed by atoms with Crippen LogP contribution >= 0.6 is 0 Å². The number of aliphatic carboxylic acids is 1. The van der Waals surface area contributed by atoms with E-state index in [0.717, 1.165) is 11.1 Å². The molecule has 0 spiro atoms. The van der Waals surface area contributed by atoms with Crippen LogP contribution in [-0.4, -0.2) is 47.0 Å². The monoisotopic (exact) mass is 470 g/mol. The highest BCUT2D eigenvalue weighted by Gasteiger charge is 2.31. The van der Waals surface area contributed by atoms with Crippen LogP contribution in [0.15, 0.2) is 78.9 Å². The molecule has 0 radical (unpaired) electrons. The average Bonchev–Trinajstić information content (AvgIpc) is 3.29. The number of nitrogens with zero attached hydrogens (tertiary/aromatic N) is 2. The zero-order valence-electron chi connectivity index (χ0n) is 19.1. The van der Waals surface area contributed by atoms with Crippen molar-refractivity contribution in [2.75, 3.05) is 14.2 Å². The first-order valence-electron chi connectivity index (χ1n) is 10.7. The number of ether oxygens (including phenoxy) is 2. The molecule has 0 saturated carbocycles. The van der Waals surface area contributed by atoms with Crippen LogP contribution in [0, 0.1) is 0 Å². The molecule has 0 saturated heterocycles. The van der Waals surface area contributed by atoms with Gasteiger partial charge in [0.25, 0.3) is 0 Å². The molecule has 3 aromatic carbocycles. The molecule has 0 aliphatic rings. The highest BCUT2D eigenvalue weighted by Crippen LogP contribution is 2.32. The fraction of sp³-hybridized carbons (Fsp3) is 0.111. The first-order chi connectivity index (χ1) is 16.9. The number of hydrogen-bond donors (Lipinski definition) is 1. The highest BCUT2D eigenvalue weighted by molar-refractivity contribution is 6.06. The van der Waals surface area contributed by atoms with Crippen molar-refractivity contribution < 1.29 is 29.0 Å². The van der Waals surface area contributed by atoms with Crippen LogP contribution in [0.4, 0.5) is 0 Å². The summed E-state index contributed by atoms with van der Waals surface area (Å²) in [6.07, 6.45) is -0.103. The van der Waals surface area contributed by atoms with Gasteiger partial charge >= 0.3 is 17.9 Å². The number of methoxy groups -OCH3 is 2. The summed E-state index contributed by atoms with van der Waals surface area (Å²) in [7, 11) is 2.46. The van der Waals surface area contributed by atoms with Crippen molar-refractivity contribution in [3.63, 3.8) is 0 Å². The SMILES string of the molecule is COC(=O)c1c(-c2ccc(-c3ccccc3CC(=O)O)cc2)nn(-c2ccccc2)c1C(=O)OC. The lowest BCUT2D eigenvalue weighted by Gasteiger charge is -2.09. The molecule has 0 bridgehead atoms. The zero-order valence-corrected chi connectivity index (χ0v) is 19.1. The first-order valence-corrected chi connectivity index (χ1v) is 10.7. The lowest BCUT2D eigenvalue weighted by atomic mass is 9.96. The summed E-state index contributed by atoms with van der Waals surface area (Å²) in [6, 6.07) is 23.3. The molecule has 1 N–H and O–H groups in total. The summed E-state index contributed by atoms with van der Waals surface area (Å²) >= 11 is 0. The van der Waals surface area contributed by atoms with Crippen molar-refractivity contribution in [3.05, 3.63) is 95.7 Å². The van der Waals surface area contributed by atoms with Crippen LogP contribution in [0.1, 0.15) is 26.4 Å². The minimum atomic E-state index is -0.918. The molecule has 176 valence electrons. The van der Waals surface area contributed by atoms with Crippen molar-refractivity contribution in [1.82, 2.24) is 9.78 Å². The molecule has 0 unspecified atom stereocenters. The second-order valence-corrected chi connectivity index (χ2v) is 7.61. The fourth-order valence-electron chi connectivity index (χ4n) is 3.88. The van der Waals surface area contributed by atoms with Crippen molar-refractivity contribution in [3.8, 4) is 28.1 Å². The second-order valence-electron chi connectivity index (χ2n) is 7.61. The van der Waals surface area contributed by atoms with Gasteiger partial charge < -0.3 is 14.6 Å². The Bertz CT molecular complexity index is 1390. The summed E-state index contributed by atoms with van der Waals surface area (Å²) in [5, 5.41) is 13.8. The number of aromatic nitrogens is 2. The molecule has 0 atom stereocenters. The maximum atomic E-state index is 12.8. The summed E-state index contributed by atoms with van der Waals surface area (Å²) in [6.45, 7) is 0. The Morgan fingerprint density at radius 2 is 1.40 bits per heavy atom. The Morgan fingerprint density at radius 1 is 0.800 bits per heavy atom. The normalized spacial score (nSPS) is 10.6.